The lowest BCUT2D eigenvalue weighted by Crippen LogP contribution is -2.54. The molecule has 0 spiro atoms. The Morgan fingerprint density at radius 2 is 1.93 bits per heavy atom. The minimum atomic E-state index is -4.34. The van der Waals surface area contributed by atoms with E-state index in [2.05, 4.69) is 10.2 Å². The highest BCUT2D eigenvalue weighted by atomic mass is 32.1. The van der Waals surface area contributed by atoms with Crippen LogP contribution in [-0.2, 0) is 17.4 Å². The van der Waals surface area contributed by atoms with Gasteiger partial charge in [-0.25, -0.2) is 0 Å². The summed E-state index contributed by atoms with van der Waals surface area (Å²) in [6.45, 7) is 4.93. The van der Waals surface area contributed by atoms with Crippen LogP contribution >= 0.6 is 11.3 Å². The van der Waals surface area contributed by atoms with E-state index in [1.807, 2.05) is 29.3 Å². The molecule has 0 aliphatic carbocycles. The molecule has 0 saturated carbocycles. The summed E-state index contributed by atoms with van der Waals surface area (Å²) in [6, 6.07) is 9.20. The van der Waals surface area contributed by atoms with Crippen molar-refractivity contribution >= 4 is 22.9 Å². The molecule has 28 heavy (non-hydrogen) atoms. The predicted octanol–water partition coefficient (Wildman–Crippen LogP) is 3.64. The van der Waals surface area contributed by atoms with Gasteiger partial charge in [-0.05, 0) is 43.0 Å². The molecule has 1 saturated heterocycles. The van der Waals surface area contributed by atoms with E-state index < -0.39 is 11.7 Å². The average Bonchev–Trinajstić information content (AvgIpc) is 3.20. The van der Waals surface area contributed by atoms with Crippen LogP contribution in [0.5, 0.6) is 0 Å². The molecular formula is C20H24F3N3OS. The lowest BCUT2D eigenvalue weighted by Gasteiger charge is -2.38. The molecule has 1 aromatic carbocycles. The van der Waals surface area contributed by atoms with Crippen molar-refractivity contribution in [2.45, 2.75) is 25.6 Å². The second kappa shape index (κ2) is 8.96. The van der Waals surface area contributed by atoms with Crippen molar-refractivity contribution in [2.75, 3.05) is 37.6 Å². The lowest BCUT2D eigenvalue weighted by atomic mass is 10.1. The van der Waals surface area contributed by atoms with Gasteiger partial charge in [0, 0.05) is 43.3 Å². The molecule has 4 nitrogen and oxygen atoms in total. The molecular weight excluding hydrogens is 387 g/mol. The first-order chi connectivity index (χ1) is 13.3. The van der Waals surface area contributed by atoms with Gasteiger partial charge in [-0.2, -0.15) is 13.2 Å². The second-order valence-electron chi connectivity index (χ2n) is 6.87. The molecule has 0 unspecified atom stereocenters. The molecule has 1 aromatic heterocycles. The third-order valence-corrected chi connectivity index (χ3v) is 5.97. The molecule has 2 heterocycles. The highest BCUT2D eigenvalue weighted by molar-refractivity contribution is 7.09. The maximum absolute atomic E-state index is 12.9. The second-order valence-corrected chi connectivity index (χ2v) is 7.90. The molecule has 2 aromatic rings. The van der Waals surface area contributed by atoms with Crippen LogP contribution in [0.3, 0.4) is 0 Å². The quantitative estimate of drug-likeness (QED) is 0.789. The number of hydrogen-bond acceptors (Lipinski definition) is 4. The van der Waals surface area contributed by atoms with E-state index in [0.29, 0.717) is 38.4 Å². The van der Waals surface area contributed by atoms with Gasteiger partial charge in [0.2, 0.25) is 5.91 Å². The van der Waals surface area contributed by atoms with E-state index in [-0.39, 0.29) is 11.9 Å². The van der Waals surface area contributed by atoms with E-state index in [9.17, 15) is 18.0 Å². The van der Waals surface area contributed by atoms with Gasteiger partial charge in [-0.1, -0.05) is 12.1 Å². The highest BCUT2D eigenvalue weighted by Crippen LogP contribution is 2.31. The largest absolute Gasteiger partial charge is 0.416 e. The third kappa shape index (κ3) is 5.26. The summed E-state index contributed by atoms with van der Waals surface area (Å²) in [5.74, 6) is -0.0101. The minimum absolute atomic E-state index is 0.0101. The molecule has 1 amide bonds. The van der Waals surface area contributed by atoms with Crippen molar-refractivity contribution in [3.63, 3.8) is 0 Å². The Morgan fingerprint density at radius 3 is 2.57 bits per heavy atom. The number of alkyl halides is 3. The summed E-state index contributed by atoms with van der Waals surface area (Å²) in [5, 5.41) is 4.99. The molecule has 0 bridgehead atoms. The van der Waals surface area contributed by atoms with Gasteiger partial charge in [-0.3, -0.25) is 9.69 Å². The summed E-state index contributed by atoms with van der Waals surface area (Å²) < 4.78 is 38.7. The number of halogens is 3. The lowest BCUT2D eigenvalue weighted by molar-refractivity contribution is -0.137. The number of piperazine rings is 1. The van der Waals surface area contributed by atoms with E-state index >= 15 is 0 Å². The van der Waals surface area contributed by atoms with Crippen LogP contribution in [0.4, 0.5) is 18.9 Å². The maximum atomic E-state index is 12.9. The monoisotopic (exact) mass is 411 g/mol. The number of carbonyl (C=O) groups excluding carboxylic acids is 1. The molecule has 0 radical (unpaired) electrons. The molecule has 1 aliphatic rings. The standard InChI is InChI=1S/C20H24F3N3OS/c1-15(19(27)24-8-7-18-6-3-13-28-18)25-9-11-26(12-10-25)17-5-2-4-16(14-17)20(21,22)23/h2-6,13-15H,7-12H2,1H3,(H,24,27)/t15-/m0/s1. The van der Waals surface area contributed by atoms with Crippen LogP contribution in [0.25, 0.3) is 0 Å². The van der Waals surface area contributed by atoms with Crippen molar-refractivity contribution in [3.05, 3.63) is 52.2 Å². The SMILES string of the molecule is C[C@@H](C(=O)NCCc1cccs1)N1CCN(c2cccc(C(F)(F)F)c2)CC1. The van der Waals surface area contributed by atoms with Gasteiger partial charge in [0.25, 0.3) is 0 Å². The summed E-state index contributed by atoms with van der Waals surface area (Å²) in [5.41, 5.74) is -0.0616. The smallest absolute Gasteiger partial charge is 0.369 e. The first kappa shape index (κ1) is 20.7. The normalized spacial score (nSPS) is 16.8. The number of anilines is 1. The minimum Gasteiger partial charge on any atom is -0.369 e. The maximum Gasteiger partial charge on any atom is 0.416 e. The number of rotatable bonds is 6. The fourth-order valence-electron chi connectivity index (χ4n) is 3.32. The zero-order valence-corrected chi connectivity index (χ0v) is 16.5. The Labute approximate surface area is 167 Å². The van der Waals surface area contributed by atoms with Gasteiger partial charge in [0.15, 0.2) is 0 Å². The van der Waals surface area contributed by atoms with Crippen LogP contribution in [0, 0.1) is 0 Å². The van der Waals surface area contributed by atoms with Crippen molar-refractivity contribution in [1.29, 1.82) is 0 Å². The first-order valence-electron chi connectivity index (χ1n) is 9.31. The van der Waals surface area contributed by atoms with Gasteiger partial charge in [0.05, 0.1) is 11.6 Å². The molecule has 1 N–H and O–H groups in total. The number of nitrogens with zero attached hydrogens (tertiary/aromatic N) is 2. The fraction of sp³-hybridized carbons (Fsp3) is 0.450. The highest BCUT2D eigenvalue weighted by Gasteiger charge is 2.31. The van der Waals surface area contributed by atoms with Crippen LogP contribution in [0.15, 0.2) is 41.8 Å². The summed E-state index contributed by atoms with van der Waals surface area (Å²) in [7, 11) is 0. The number of thiophene rings is 1. The Kier molecular flexibility index (Phi) is 6.61. The van der Waals surface area contributed by atoms with Gasteiger partial charge >= 0.3 is 6.18 Å². The number of nitrogens with one attached hydrogen (secondary N) is 1. The molecule has 1 atom stereocenters. The van der Waals surface area contributed by atoms with E-state index in [1.54, 1.807) is 17.4 Å². The third-order valence-electron chi connectivity index (χ3n) is 5.03. The van der Waals surface area contributed by atoms with Crippen LogP contribution in [-0.4, -0.2) is 49.6 Å². The Hall–Kier alpha value is -2.06. The van der Waals surface area contributed by atoms with Crippen molar-refractivity contribution < 1.29 is 18.0 Å². The molecule has 3 rings (SSSR count). The van der Waals surface area contributed by atoms with Gasteiger partial charge in [0.1, 0.15) is 0 Å². The number of benzene rings is 1. The molecule has 152 valence electrons. The van der Waals surface area contributed by atoms with Crippen LogP contribution in [0.1, 0.15) is 17.4 Å². The van der Waals surface area contributed by atoms with Crippen molar-refractivity contribution in [3.8, 4) is 0 Å². The zero-order chi connectivity index (χ0) is 20.1. The fourth-order valence-corrected chi connectivity index (χ4v) is 4.03. The van der Waals surface area contributed by atoms with E-state index in [0.717, 1.165) is 12.5 Å². The molecule has 1 fully saturated rings. The van der Waals surface area contributed by atoms with E-state index in [1.165, 1.54) is 17.0 Å². The predicted molar refractivity (Wildman–Crippen MR) is 106 cm³/mol. The molecule has 8 heteroatoms. The topological polar surface area (TPSA) is 35.6 Å². The number of amides is 1. The summed E-state index contributed by atoms with van der Waals surface area (Å²) in [6.07, 6.45) is -3.52. The Balaban J connectivity index is 1.48. The Bertz CT molecular complexity index is 771. The molecule has 1 aliphatic heterocycles. The van der Waals surface area contributed by atoms with E-state index in [4.69, 9.17) is 0 Å². The van der Waals surface area contributed by atoms with Gasteiger partial charge < -0.3 is 10.2 Å². The average molecular weight is 411 g/mol. The summed E-state index contributed by atoms with van der Waals surface area (Å²) in [4.78, 5) is 17.6. The summed E-state index contributed by atoms with van der Waals surface area (Å²) >= 11 is 1.67. The van der Waals surface area contributed by atoms with Crippen LogP contribution in [0.2, 0.25) is 0 Å². The number of carbonyl (C=O) groups is 1. The van der Waals surface area contributed by atoms with Crippen molar-refractivity contribution in [1.82, 2.24) is 10.2 Å². The van der Waals surface area contributed by atoms with Crippen LogP contribution < -0.4 is 10.2 Å². The first-order valence-corrected chi connectivity index (χ1v) is 10.2. The van der Waals surface area contributed by atoms with Crippen molar-refractivity contribution in [2.24, 2.45) is 0 Å². The van der Waals surface area contributed by atoms with Gasteiger partial charge in [-0.15, -0.1) is 11.3 Å². The zero-order valence-electron chi connectivity index (χ0n) is 15.7. The number of hydrogen-bond donors (Lipinski definition) is 1. The Morgan fingerprint density at radius 1 is 1.18 bits per heavy atom.